The summed E-state index contributed by atoms with van der Waals surface area (Å²) in [5, 5.41) is 10.0. The van der Waals surface area contributed by atoms with Crippen molar-refractivity contribution < 1.29 is 4.79 Å². The first kappa shape index (κ1) is 22.3. The molecule has 1 amide bonds. The molecule has 0 atom stereocenters. The maximum atomic E-state index is 13.1. The third kappa shape index (κ3) is 5.22. The van der Waals surface area contributed by atoms with Crippen molar-refractivity contribution in [2.75, 3.05) is 17.2 Å². The normalized spacial score (nSPS) is 10.6. The molecule has 31 heavy (non-hydrogen) atoms. The van der Waals surface area contributed by atoms with Gasteiger partial charge in [-0.05, 0) is 49.2 Å². The lowest BCUT2D eigenvalue weighted by atomic mass is 10.1. The van der Waals surface area contributed by atoms with Gasteiger partial charge in [0.05, 0.1) is 29.1 Å². The van der Waals surface area contributed by atoms with Crippen LogP contribution in [0, 0.1) is 25.2 Å². The molecule has 6 nitrogen and oxygen atoms in total. The second-order valence-corrected chi connectivity index (χ2v) is 8.15. The highest BCUT2D eigenvalue weighted by Gasteiger charge is 2.19. The van der Waals surface area contributed by atoms with Crippen molar-refractivity contribution in [3.63, 3.8) is 0 Å². The maximum Gasteiger partial charge on any atom is 0.262 e. The van der Waals surface area contributed by atoms with E-state index in [1.807, 2.05) is 38.1 Å². The van der Waals surface area contributed by atoms with Crippen molar-refractivity contribution in [1.82, 2.24) is 9.55 Å². The number of benzene rings is 2. The van der Waals surface area contributed by atoms with E-state index in [4.69, 9.17) is 5.26 Å². The van der Waals surface area contributed by atoms with Gasteiger partial charge in [-0.2, -0.15) is 5.26 Å². The van der Waals surface area contributed by atoms with Gasteiger partial charge in [-0.25, -0.2) is 4.98 Å². The predicted molar refractivity (Wildman–Crippen MR) is 125 cm³/mol. The number of thioether (sulfide) groups is 1. The Labute approximate surface area is 185 Å². The number of nitriles is 1. The second-order valence-electron chi connectivity index (χ2n) is 7.20. The number of carbonyl (C=O) groups excluding carboxylic acids is 1. The number of anilines is 1. The summed E-state index contributed by atoms with van der Waals surface area (Å²) in [4.78, 5) is 32.2. The SMILES string of the molecule is C=CCn1c(SCC(=O)N(CCC#N)c2cc(C)cc(C)c2)nc2ccccc2c1=O. The number of nitrogens with zero attached hydrogens (tertiary/aromatic N) is 4. The second kappa shape index (κ2) is 10.1. The molecule has 0 saturated heterocycles. The van der Waals surface area contributed by atoms with Crippen LogP contribution < -0.4 is 10.5 Å². The smallest absolute Gasteiger partial charge is 0.262 e. The monoisotopic (exact) mass is 432 g/mol. The number of hydrogen-bond acceptors (Lipinski definition) is 5. The minimum Gasteiger partial charge on any atom is -0.311 e. The Morgan fingerprint density at radius 3 is 2.65 bits per heavy atom. The Balaban J connectivity index is 1.90. The Morgan fingerprint density at radius 2 is 1.97 bits per heavy atom. The maximum absolute atomic E-state index is 13.1. The zero-order valence-electron chi connectivity index (χ0n) is 17.7. The molecule has 0 saturated carbocycles. The first-order chi connectivity index (χ1) is 14.9. The fraction of sp³-hybridized carbons (Fsp3) is 0.250. The van der Waals surface area contributed by atoms with Crippen molar-refractivity contribution in [3.05, 3.63) is 76.6 Å². The molecular weight excluding hydrogens is 408 g/mol. The van der Waals surface area contributed by atoms with Gasteiger partial charge in [-0.15, -0.1) is 6.58 Å². The van der Waals surface area contributed by atoms with E-state index in [1.54, 1.807) is 29.2 Å². The number of rotatable bonds is 8. The van der Waals surface area contributed by atoms with Gasteiger partial charge < -0.3 is 4.90 Å². The molecule has 0 spiro atoms. The van der Waals surface area contributed by atoms with E-state index in [2.05, 4.69) is 17.6 Å². The molecule has 3 rings (SSSR count). The molecule has 0 bridgehead atoms. The lowest BCUT2D eigenvalue weighted by Crippen LogP contribution is -2.33. The van der Waals surface area contributed by atoms with E-state index in [1.165, 1.54) is 16.3 Å². The molecule has 1 heterocycles. The third-order valence-corrected chi connectivity index (χ3v) is 5.69. The minimum atomic E-state index is -0.156. The van der Waals surface area contributed by atoms with E-state index in [0.29, 0.717) is 29.1 Å². The van der Waals surface area contributed by atoms with Crippen LogP contribution in [-0.4, -0.2) is 27.8 Å². The number of allylic oxidation sites excluding steroid dienone is 1. The topological polar surface area (TPSA) is 79.0 Å². The molecule has 0 fully saturated rings. The molecular formula is C24H24N4O2S. The van der Waals surface area contributed by atoms with Crippen molar-refractivity contribution in [2.24, 2.45) is 0 Å². The molecule has 0 aliphatic heterocycles. The van der Waals surface area contributed by atoms with Crippen LogP contribution >= 0.6 is 11.8 Å². The number of amides is 1. The Kier molecular flexibility index (Phi) is 7.27. The van der Waals surface area contributed by atoms with Crippen molar-refractivity contribution >= 4 is 34.3 Å². The molecule has 1 aromatic heterocycles. The van der Waals surface area contributed by atoms with Gasteiger partial charge in [0.25, 0.3) is 5.56 Å². The molecule has 0 radical (unpaired) electrons. The number of aryl methyl sites for hydroxylation is 2. The van der Waals surface area contributed by atoms with Crippen LogP contribution in [0.25, 0.3) is 10.9 Å². The average molecular weight is 433 g/mol. The summed E-state index contributed by atoms with van der Waals surface area (Å²) in [7, 11) is 0. The van der Waals surface area contributed by atoms with E-state index in [-0.39, 0.29) is 23.6 Å². The highest BCUT2D eigenvalue weighted by atomic mass is 32.2. The fourth-order valence-corrected chi connectivity index (χ4v) is 4.30. The number of aromatic nitrogens is 2. The summed E-state index contributed by atoms with van der Waals surface area (Å²) in [6.45, 7) is 8.30. The molecule has 3 aromatic rings. The number of para-hydroxylation sites is 1. The molecule has 2 aromatic carbocycles. The Bertz CT molecular complexity index is 1210. The number of fused-ring (bicyclic) bond motifs is 1. The fourth-order valence-electron chi connectivity index (χ4n) is 3.42. The van der Waals surface area contributed by atoms with Crippen LogP contribution in [0.3, 0.4) is 0 Å². The van der Waals surface area contributed by atoms with E-state index < -0.39 is 0 Å². The van der Waals surface area contributed by atoms with Gasteiger partial charge in [0.1, 0.15) is 0 Å². The summed E-state index contributed by atoms with van der Waals surface area (Å²) in [5.74, 6) is -0.0434. The molecule has 158 valence electrons. The number of carbonyl (C=O) groups is 1. The van der Waals surface area contributed by atoms with Gasteiger partial charge in [0.15, 0.2) is 5.16 Å². The van der Waals surface area contributed by atoms with Gasteiger partial charge in [-0.3, -0.25) is 14.2 Å². The Hall–Kier alpha value is -3.37. The van der Waals surface area contributed by atoms with Gasteiger partial charge >= 0.3 is 0 Å². The Morgan fingerprint density at radius 1 is 1.26 bits per heavy atom. The highest BCUT2D eigenvalue weighted by Crippen LogP contribution is 2.23. The van der Waals surface area contributed by atoms with E-state index >= 15 is 0 Å². The molecule has 7 heteroatoms. The van der Waals surface area contributed by atoms with Crippen LogP contribution in [0.4, 0.5) is 5.69 Å². The predicted octanol–water partition coefficient (Wildman–Crippen LogP) is 4.24. The lowest BCUT2D eigenvalue weighted by Gasteiger charge is -2.23. The van der Waals surface area contributed by atoms with Crippen LogP contribution in [0.5, 0.6) is 0 Å². The zero-order chi connectivity index (χ0) is 22.4. The summed E-state index contributed by atoms with van der Waals surface area (Å²) in [6.07, 6.45) is 1.87. The highest BCUT2D eigenvalue weighted by molar-refractivity contribution is 7.99. The summed E-state index contributed by atoms with van der Waals surface area (Å²) < 4.78 is 1.53. The average Bonchev–Trinajstić information content (AvgIpc) is 2.74. The molecule has 0 N–H and O–H groups in total. The first-order valence-electron chi connectivity index (χ1n) is 9.93. The van der Waals surface area contributed by atoms with E-state index in [9.17, 15) is 9.59 Å². The van der Waals surface area contributed by atoms with Crippen molar-refractivity contribution in [3.8, 4) is 6.07 Å². The molecule has 0 unspecified atom stereocenters. The van der Waals surface area contributed by atoms with Crippen LogP contribution in [0.15, 0.2) is 65.1 Å². The first-order valence-corrected chi connectivity index (χ1v) is 10.9. The van der Waals surface area contributed by atoms with Crippen LogP contribution in [0.2, 0.25) is 0 Å². The van der Waals surface area contributed by atoms with Crippen LogP contribution in [0.1, 0.15) is 17.5 Å². The third-order valence-electron chi connectivity index (χ3n) is 4.73. The molecule has 0 aliphatic carbocycles. The van der Waals surface area contributed by atoms with Gasteiger partial charge in [-0.1, -0.05) is 36.0 Å². The van der Waals surface area contributed by atoms with Crippen LogP contribution in [-0.2, 0) is 11.3 Å². The zero-order valence-corrected chi connectivity index (χ0v) is 18.5. The quantitative estimate of drug-likeness (QED) is 0.302. The standard InChI is InChI=1S/C24H24N4O2S/c1-4-11-28-23(30)20-8-5-6-9-21(20)26-24(28)31-16-22(29)27(12-7-10-25)19-14-17(2)13-18(3)15-19/h4-6,8-9,13-15H,1,7,11-12,16H2,2-3H3. The number of hydrogen-bond donors (Lipinski definition) is 0. The van der Waals surface area contributed by atoms with E-state index in [0.717, 1.165) is 16.8 Å². The van der Waals surface area contributed by atoms with Gasteiger partial charge in [0, 0.05) is 18.8 Å². The summed E-state index contributed by atoms with van der Waals surface area (Å²) in [6, 6.07) is 15.2. The summed E-state index contributed by atoms with van der Waals surface area (Å²) >= 11 is 1.22. The largest absolute Gasteiger partial charge is 0.311 e. The minimum absolute atomic E-state index is 0.0976. The van der Waals surface area contributed by atoms with Crippen molar-refractivity contribution in [2.45, 2.75) is 32.0 Å². The van der Waals surface area contributed by atoms with Crippen molar-refractivity contribution in [1.29, 1.82) is 5.26 Å². The molecule has 0 aliphatic rings. The lowest BCUT2D eigenvalue weighted by molar-refractivity contribution is -0.116. The van der Waals surface area contributed by atoms with Gasteiger partial charge in [0.2, 0.25) is 5.91 Å². The summed E-state index contributed by atoms with van der Waals surface area (Å²) in [5.41, 5.74) is 3.31.